The molecule has 0 spiro atoms. The van der Waals surface area contributed by atoms with Crippen LogP contribution in [0.15, 0.2) is 95.4 Å². The summed E-state index contributed by atoms with van der Waals surface area (Å²) in [7, 11) is 0. The molecule has 0 saturated carbocycles. The van der Waals surface area contributed by atoms with Crippen LogP contribution in [0.1, 0.15) is 52.4 Å². The summed E-state index contributed by atoms with van der Waals surface area (Å²) in [6, 6.07) is 24.2. The lowest BCUT2D eigenvalue weighted by molar-refractivity contribution is -0.153. The smallest absolute Gasteiger partial charge is 0.449 e. The van der Waals surface area contributed by atoms with E-state index in [0.29, 0.717) is 27.5 Å². The Morgan fingerprint density at radius 3 is 2.20 bits per heavy atom. The second kappa shape index (κ2) is 11.6. The fraction of sp³-hybridized carbons (Fsp3) is 0.200. The van der Waals surface area contributed by atoms with Crippen LogP contribution in [0, 0.1) is 12.7 Å². The molecule has 9 heteroatoms. The number of furan rings is 1. The van der Waals surface area contributed by atoms with Crippen molar-refractivity contribution >= 4 is 22.6 Å². The largest absolute Gasteiger partial charge is 0.481 e. The van der Waals surface area contributed by atoms with Crippen molar-refractivity contribution in [2.24, 2.45) is 0 Å². The van der Waals surface area contributed by atoms with E-state index >= 15 is 0 Å². The van der Waals surface area contributed by atoms with E-state index in [2.05, 4.69) is 0 Å². The third kappa shape index (κ3) is 6.22. The van der Waals surface area contributed by atoms with Crippen molar-refractivity contribution < 1.29 is 36.7 Å². The molecule has 5 rings (SSSR count). The zero-order chi connectivity index (χ0) is 31.8. The van der Waals surface area contributed by atoms with Crippen LogP contribution < -0.4 is 0 Å². The van der Waals surface area contributed by atoms with Gasteiger partial charge in [-0.05, 0) is 83.6 Å². The standard InChI is InChI=1S/C35H29F4NO4/c1-21-7-10-24-13-14-27(36)18-29(24)31(21)32(41)40(20-28-15-16-30(44-28)35(37,38)39)19-22-8-11-23(12-9-22)25-5-4-6-26(17-25)34(2,3)33(42)43/h4-18H,19-20H2,1-3H3,(H,42,43). The molecular weight excluding hydrogens is 574 g/mol. The highest BCUT2D eigenvalue weighted by atomic mass is 19.4. The molecule has 0 saturated heterocycles. The first-order valence-corrected chi connectivity index (χ1v) is 13.8. The summed E-state index contributed by atoms with van der Waals surface area (Å²) in [5, 5.41) is 10.7. The average Bonchev–Trinajstić information content (AvgIpc) is 3.46. The highest BCUT2D eigenvalue weighted by Crippen LogP contribution is 2.33. The molecule has 1 amide bonds. The van der Waals surface area contributed by atoms with Crippen molar-refractivity contribution in [1.82, 2.24) is 4.90 Å². The maximum Gasteiger partial charge on any atom is 0.449 e. The van der Waals surface area contributed by atoms with Crippen molar-refractivity contribution in [3.05, 3.63) is 131 Å². The molecule has 0 unspecified atom stereocenters. The second-order valence-electron chi connectivity index (χ2n) is 11.3. The minimum Gasteiger partial charge on any atom is -0.481 e. The molecule has 5 aromatic rings. The van der Waals surface area contributed by atoms with Crippen LogP contribution in [0.25, 0.3) is 21.9 Å². The molecule has 1 heterocycles. The first kappa shape index (κ1) is 30.5. The summed E-state index contributed by atoms with van der Waals surface area (Å²) in [4.78, 5) is 27.2. The average molecular weight is 604 g/mol. The van der Waals surface area contributed by atoms with Gasteiger partial charge in [-0.25, -0.2) is 4.39 Å². The highest BCUT2D eigenvalue weighted by Gasteiger charge is 2.35. The fourth-order valence-electron chi connectivity index (χ4n) is 5.08. The Bertz CT molecular complexity index is 1850. The maximum atomic E-state index is 14.3. The number of alkyl halides is 3. The number of fused-ring (bicyclic) bond motifs is 1. The number of aryl methyl sites for hydroxylation is 1. The summed E-state index contributed by atoms with van der Waals surface area (Å²) in [5.41, 5.74) is 2.71. The second-order valence-corrected chi connectivity index (χ2v) is 11.3. The number of hydrogen-bond donors (Lipinski definition) is 1. The van der Waals surface area contributed by atoms with Gasteiger partial charge in [-0.15, -0.1) is 0 Å². The van der Waals surface area contributed by atoms with Crippen LogP contribution >= 0.6 is 0 Å². The number of nitrogens with zero attached hydrogens (tertiary/aromatic N) is 1. The number of amides is 1. The summed E-state index contributed by atoms with van der Waals surface area (Å²) in [6.07, 6.45) is -4.68. The quantitative estimate of drug-likeness (QED) is 0.180. The number of hydrogen-bond acceptors (Lipinski definition) is 3. The molecule has 0 aliphatic heterocycles. The van der Waals surface area contributed by atoms with Gasteiger partial charge in [-0.3, -0.25) is 9.59 Å². The predicted octanol–water partition coefficient (Wildman–Crippen LogP) is 8.77. The molecule has 0 radical (unpaired) electrons. The van der Waals surface area contributed by atoms with Crippen molar-refractivity contribution in [3.63, 3.8) is 0 Å². The molecule has 226 valence electrons. The van der Waals surface area contributed by atoms with Gasteiger partial charge in [0, 0.05) is 6.54 Å². The minimum absolute atomic E-state index is 0.0262. The van der Waals surface area contributed by atoms with Crippen molar-refractivity contribution in [2.75, 3.05) is 0 Å². The van der Waals surface area contributed by atoms with Gasteiger partial charge in [0.05, 0.1) is 17.5 Å². The Labute approximate surface area is 251 Å². The first-order valence-electron chi connectivity index (χ1n) is 13.8. The minimum atomic E-state index is -4.68. The lowest BCUT2D eigenvalue weighted by Crippen LogP contribution is -2.30. The van der Waals surface area contributed by atoms with Gasteiger partial charge in [0.1, 0.15) is 11.6 Å². The molecule has 44 heavy (non-hydrogen) atoms. The number of benzene rings is 4. The van der Waals surface area contributed by atoms with E-state index in [0.717, 1.165) is 17.2 Å². The lowest BCUT2D eigenvalue weighted by Gasteiger charge is -2.24. The van der Waals surface area contributed by atoms with E-state index in [1.54, 1.807) is 63.2 Å². The van der Waals surface area contributed by atoms with E-state index in [4.69, 9.17) is 4.42 Å². The number of aliphatic carboxylic acids is 1. The third-order valence-electron chi connectivity index (χ3n) is 7.76. The maximum absolute atomic E-state index is 14.3. The van der Waals surface area contributed by atoms with Gasteiger partial charge < -0.3 is 14.4 Å². The molecule has 0 bridgehead atoms. The van der Waals surface area contributed by atoms with Crippen LogP contribution in [0.4, 0.5) is 17.6 Å². The molecule has 1 aromatic heterocycles. The van der Waals surface area contributed by atoms with Gasteiger partial charge in [-0.1, -0.05) is 66.7 Å². The lowest BCUT2D eigenvalue weighted by atomic mass is 9.83. The Balaban J connectivity index is 1.49. The number of carboxylic acid groups (broad SMARTS) is 1. The van der Waals surface area contributed by atoms with Crippen LogP contribution in [0.5, 0.6) is 0 Å². The van der Waals surface area contributed by atoms with Crippen molar-refractivity contribution in [1.29, 1.82) is 0 Å². The topological polar surface area (TPSA) is 70.8 Å². The van der Waals surface area contributed by atoms with Crippen LogP contribution in [-0.2, 0) is 29.5 Å². The van der Waals surface area contributed by atoms with Crippen LogP contribution in [0.3, 0.4) is 0 Å². The summed E-state index contributed by atoms with van der Waals surface area (Å²) in [5.74, 6) is -3.17. The van der Waals surface area contributed by atoms with E-state index in [9.17, 15) is 32.3 Å². The number of carboxylic acids is 1. The van der Waals surface area contributed by atoms with Crippen LogP contribution in [0.2, 0.25) is 0 Å². The summed E-state index contributed by atoms with van der Waals surface area (Å²) >= 11 is 0. The molecular formula is C35H29F4NO4. The number of carbonyl (C=O) groups is 2. The normalized spacial score (nSPS) is 12.0. The monoisotopic (exact) mass is 603 g/mol. The Hall–Kier alpha value is -4.92. The van der Waals surface area contributed by atoms with E-state index < -0.39 is 35.0 Å². The van der Waals surface area contributed by atoms with Crippen molar-refractivity contribution in [3.8, 4) is 11.1 Å². The first-order chi connectivity index (χ1) is 20.7. The third-order valence-corrected chi connectivity index (χ3v) is 7.76. The molecule has 0 atom stereocenters. The number of halogens is 4. The summed E-state index contributed by atoms with van der Waals surface area (Å²) < 4.78 is 59.0. The molecule has 0 fully saturated rings. The zero-order valence-electron chi connectivity index (χ0n) is 24.2. The van der Waals surface area contributed by atoms with E-state index in [1.807, 2.05) is 24.3 Å². The van der Waals surface area contributed by atoms with Gasteiger partial charge in [0.2, 0.25) is 5.76 Å². The highest BCUT2D eigenvalue weighted by molar-refractivity contribution is 6.08. The molecule has 4 aromatic carbocycles. The fourth-order valence-corrected chi connectivity index (χ4v) is 5.08. The molecule has 0 aliphatic carbocycles. The SMILES string of the molecule is Cc1ccc2ccc(F)cc2c1C(=O)N(Cc1ccc(-c2cccc(C(C)(C)C(=O)O)c2)cc1)Cc1ccc(C(F)(F)F)o1. The molecule has 1 N–H and O–H groups in total. The summed E-state index contributed by atoms with van der Waals surface area (Å²) in [6.45, 7) is 4.75. The van der Waals surface area contributed by atoms with Crippen molar-refractivity contribution in [2.45, 2.75) is 45.5 Å². The Morgan fingerprint density at radius 2 is 1.55 bits per heavy atom. The Morgan fingerprint density at radius 1 is 0.841 bits per heavy atom. The predicted molar refractivity (Wildman–Crippen MR) is 158 cm³/mol. The van der Waals surface area contributed by atoms with E-state index in [-0.39, 0.29) is 24.4 Å². The number of rotatable bonds is 8. The van der Waals surface area contributed by atoms with Gasteiger partial charge in [0.15, 0.2) is 0 Å². The van der Waals surface area contributed by atoms with Gasteiger partial charge in [-0.2, -0.15) is 13.2 Å². The Kier molecular flexibility index (Phi) is 8.07. The van der Waals surface area contributed by atoms with Gasteiger partial charge in [0.25, 0.3) is 5.91 Å². The number of carbonyl (C=O) groups excluding carboxylic acids is 1. The van der Waals surface area contributed by atoms with Crippen LogP contribution in [-0.4, -0.2) is 21.9 Å². The van der Waals surface area contributed by atoms with Gasteiger partial charge >= 0.3 is 12.1 Å². The zero-order valence-corrected chi connectivity index (χ0v) is 24.2. The molecule has 5 nitrogen and oxygen atoms in total. The molecule has 0 aliphatic rings. The van der Waals surface area contributed by atoms with E-state index in [1.165, 1.54) is 23.1 Å².